The third kappa shape index (κ3) is 4.45. The van der Waals surface area contributed by atoms with Crippen LogP contribution in [0.2, 0.25) is 0 Å². The van der Waals surface area contributed by atoms with Crippen LogP contribution in [0.15, 0.2) is 30.5 Å². The van der Waals surface area contributed by atoms with Gasteiger partial charge in [-0.25, -0.2) is 9.97 Å². The number of nitrogens with zero attached hydrogens (tertiary/aromatic N) is 4. The molecular weight excluding hydrogens is 358 g/mol. The van der Waals surface area contributed by atoms with E-state index < -0.39 is 0 Å². The minimum absolute atomic E-state index is 0.887. The topological polar surface area (TPSA) is 48.1 Å². The first-order chi connectivity index (χ1) is 14.0. The molecule has 1 N–H and O–H groups in total. The van der Waals surface area contributed by atoms with Gasteiger partial charge in [0, 0.05) is 25.4 Å². The predicted molar refractivity (Wildman–Crippen MR) is 122 cm³/mol. The Morgan fingerprint density at radius 2 is 1.93 bits per heavy atom. The number of rotatable bonds is 6. The first-order valence-corrected chi connectivity index (χ1v) is 10.8. The SMILES string of the molecule is Cc1ccc2[nH]c(-c3ccc(N(C)CCCC4CCN(C)CC4)nc3)nc2c1C. The molecule has 0 spiro atoms. The lowest BCUT2D eigenvalue weighted by Gasteiger charge is -2.29. The van der Waals surface area contributed by atoms with Crippen molar-refractivity contribution in [3.05, 3.63) is 41.6 Å². The van der Waals surface area contributed by atoms with E-state index in [1.165, 1.54) is 49.9 Å². The Morgan fingerprint density at radius 3 is 2.66 bits per heavy atom. The van der Waals surface area contributed by atoms with E-state index in [1.54, 1.807) is 0 Å². The van der Waals surface area contributed by atoms with Crippen LogP contribution in [0.4, 0.5) is 5.82 Å². The van der Waals surface area contributed by atoms with E-state index in [-0.39, 0.29) is 0 Å². The summed E-state index contributed by atoms with van der Waals surface area (Å²) >= 11 is 0. The molecule has 4 rings (SSSR count). The molecule has 5 nitrogen and oxygen atoms in total. The Hall–Kier alpha value is -2.40. The van der Waals surface area contributed by atoms with Crippen molar-refractivity contribution >= 4 is 16.9 Å². The first kappa shape index (κ1) is 19.9. The van der Waals surface area contributed by atoms with Crippen molar-refractivity contribution in [2.75, 3.05) is 38.6 Å². The number of benzene rings is 1. The van der Waals surface area contributed by atoms with Gasteiger partial charge in [-0.1, -0.05) is 6.07 Å². The number of aromatic nitrogens is 3. The normalized spacial score (nSPS) is 15.9. The lowest BCUT2D eigenvalue weighted by molar-refractivity contribution is 0.211. The maximum absolute atomic E-state index is 4.81. The van der Waals surface area contributed by atoms with Crippen molar-refractivity contribution in [1.29, 1.82) is 0 Å². The molecule has 2 aromatic heterocycles. The molecule has 3 heterocycles. The second kappa shape index (κ2) is 8.54. The number of aromatic amines is 1. The lowest BCUT2D eigenvalue weighted by atomic mass is 9.92. The summed E-state index contributed by atoms with van der Waals surface area (Å²) in [6.45, 7) is 7.82. The lowest BCUT2D eigenvalue weighted by Crippen LogP contribution is -2.30. The van der Waals surface area contributed by atoms with E-state index in [1.807, 2.05) is 6.20 Å². The second-order valence-corrected chi connectivity index (χ2v) is 8.70. The second-order valence-electron chi connectivity index (χ2n) is 8.70. The van der Waals surface area contributed by atoms with Crippen LogP contribution in [0.5, 0.6) is 0 Å². The summed E-state index contributed by atoms with van der Waals surface area (Å²) < 4.78 is 0. The van der Waals surface area contributed by atoms with Crippen LogP contribution in [0.3, 0.4) is 0 Å². The van der Waals surface area contributed by atoms with Gasteiger partial charge in [-0.15, -0.1) is 0 Å². The maximum atomic E-state index is 4.81. The van der Waals surface area contributed by atoms with Crippen LogP contribution < -0.4 is 4.90 Å². The number of hydrogen-bond donors (Lipinski definition) is 1. The molecule has 0 radical (unpaired) electrons. The van der Waals surface area contributed by atoms with Gasteiger partial charge in [-0.3, -0.25) is 0 Å². The van der Waals surface area contributed by atoms with Gasteiger partial charge in [0.2, 0.25) is 0 Å². The number of hydrogen-bond acceptors (Lipinski definition) is 4. The summed E-state index contributed by atoms with van der Waals surface area (Å²) in [5, 5.41) is 0. The fourth-order valence-corrected chi connectivity index (χ4v) is 4.28. The van der Waals surface area contributed by atoms with E-state index in [4.69, 9.17) is 9.97 Å². The zero-order chi connectivity index (χ0) is 20.4. The van der Waals surface area contributed by atoms with Crippen LogP contribution >= 0.6 is 0 Å². The molecule has 1 fully saturated rings. The molecule has 1 aromatic carbocycles. The third-order valence-corrected chi connectivity index (χ3v) is 6.53. The molecule has 0 saturated carbocycles. The number of nitrogens with one attached hydrogen (secondary N) is 1. The van der Waals surface area contributed by atoms with Crippen LogP contribution in [-0.2, 0) is 0 Å². The van der Waals surface area contributed by atoms with Crippen LogP contribution in [0.1, 0.15) is 36.8 Å². The van der Waals surface area contributed by atoms with E-state index >= 15 is 0 Å². The van der Waals surface area contributed by atoms with Crippen LogP contribution in [0.25, 0.3) is 22.4 Å². The molecule has 3 aromatic rings. The first-order valence-electron chi connectivity index (χ1n) is 10.8. The highest BCUT2D eigenvalue weighted by atomic mass is 15.2. The van der Waals surface area contributed by atoms with Gasteiger partial charge in [0.05, 0.1) is 11.0 Å². The Balaban J connectivity index is 1.37. The minimum atomic E-state index is 0.887. The Kier molecular flexibility index (Phi) is 5.86. The number of pyridine rings is 1. The van der Waals surface area contributed by atoms with Gasteiger partial charge >= 0.3 is 0 Å². The number of fused-ring (bicyclic) bond motifs is 1. The van der Waals surface area contributed by atoms with Crippen LogP contribution in [-0.4, -0.2) is 53.6 Å². The summed E-state index contributed by atoms with van der Waals surface area (Å²) in [5.41, 5.74) is 5.67. The molecule has 5 heteroatoms. The van der Waals surface area contributed by atoms with Crippen molar-refractivity contribution < 1.29 is 0 Å². The number of imidazole rings is 1. The average molecular weight is 392 g/mol. The van der Waals surface area contributed by atoms with Crippen molar-refractivity contribution in [3.63, 3.8) is 0 Å². The van der Waals surface area contributed by atoms with Gasteiger partial charge in [0.1, 0.15) is 11.6 Å². The van der Waals surface area contributed by atoms with Gasteiger partial charge in [0.15, 0.2) is 0 Å². The number of H-pyrrole nitrogens is 1. The van der Waals surface area contributed by atoms with E-state index in [0.717, 1.165) is 40.7 Å². The summed E-state index contributed by atoms with van der Waals surface area (Å²) in [7, 11) is 4.37. The molecule has 1 saturated heterocycles. The van der Waals surface area contributed by atoms with E-state index in [2.05, 4.69) is 67.0 Å². The van der Waals surface area contributed by atoms with E-state index in [0.29, 0.717) is 0 Å². The fourth-order valence-electron chi connectivity index (χ4n) is 4.28. The van der Waals surface area contributed by atoms with Gasteiger partial charge in [-0.2, -0.15) is 0 Å². The molecule has 1 aliphatic rings. The zero-order valence-corrected chi connectivity index (χ0v) is 18.2. The highest BCUT2D eigenvalue weighted by molar-refractivity contribution is 5.83. The molecule has 154 valence electrons. The highest BCUT2D eigenvalue weighted by Crippen LogP contribution is 2.25. The summed E-state index contributed by atoms with van der Waals surface area (Å²) in [4.78, 5) is 17.7. The molecule has 0 atom stereocenters. The van der Waals surface area contributed by atoms with Crippen molar-refractivity contribution in [1.82, 2.24) is 19.9 Å². The standard InChI is InChI=1S/C24H33N5/c1-17-7-9-21-23(18(17)2)27-24(26-21)20-8-10-22(25-16-20)29(4)13-5-6-19-11-14-28(3)15-12-19/h7-10,16,19H,5-6,11-15H2,1-4H3,(H,26,27). The van der Waals surface area contributed by atoms with Gasteiger partial charge in [0.25, 0.3) is 0 Å². The molecule has 0 amide bonds. The van der Waals surface area contributed by atoms with E-state index in [9.17, 15) is 0 Å². The molecule has 0 unspecified atom stereocenters. The maximum Gasteiger partial charge on any atom is 0.140 e. The molecular formula is C24H33N5. The minimum Gasteiger partial charge on any atom is -0.360 e. The van der Waals surface area contributed by atoms with Crippen molar-refractivity contribution in [2.45, 2.75) is 39.5 Å². The van der Waals surface area contributed by atoms with Crippen LogP contribution in [0, 0.1) is 19.8 Å². The Labute approximate surface area is 174 Å². The predicted octanol–water partition coefficient (Wildman–Crippen LogP) is 4.80. The number of piperidine rings is 1. The number of anilines is 1. The molecule has 0 aliphatic carbocycles. The fraction of sp³-hybridized carbons (Fsp3) is 0.500. The quantitative estimate of drug-likeness (QED) is 0.656. The van der Waals surface area contributed by atoms with Crippen molar-refractivity contribution in [3.8, 4) is 11.4 Å². The van der Waals surface area contributed by atoms with Gasteiger partial charge in [-0.05, 0) is 94.9 Å². The number of aryl methyl sites for hydroxylation is 2. The summed E-state index contributed by atoms with van der Waals surface area (Å²) in [6.07, 6.45) is 7.19. The number of likely N-dealkylation sites (tertiary alicyclic amines) is 1. The monoisotopic (exact) mass is 391 g/mol. The highest BCUT2D eigenvalue weighted by Gasteiger charge is 2.16. The average Bonchev–Trinajstić information content (AvgIpc) is 3.17. The summed E-state index contributed by atoms with van der Waals surface area (Å²) in [5.74, 6) is 2.81. The van der Waals surface area contributed by atoms with Crippen molar-refractivity contribution in [2.24, 2.45) is 5.92 Å². The summed E-state index contributed by atoms with van der Waals surface area (Å²) in [6, 6.07) is 8.47. The molecule has 1 aliphatic heterocycles. The Bertz CT molecular complexity index is 951. The molecule has 29 heavy (non-hydrogen) atoms. The zero-order valence-electron chi connectivity index (χ0n) is 18.2. The Morgan fingerprint density at radius 1 is 1.14 bits per heavy atom. The third-order valence-electron chi connectivity index (χ3n) is 6.53. The largest absolute Gasteiger partial charge is 0.360 e. The molecule has 0 bridgehead atoms. The van der Waals surface area contributed by atoms with Gasteiger partial charge < -0.3 is 14.8 Å². The smallest absolute Gasteiger partial charge is 0.140 e.